The van der Waals surface area contributed by atoms with Gasteiger partial charge in [0.1, 0.15) is 0 Å². The predicted octanol–water partition coefficient (Wildman–Crippen LogP) is 3.15. The number of allylic oxidation sites excluding steroid dienone is 1. The molecule has 0 aromatic rings. The van der Waals surface area contributed by atoms with Crippen LogP contribution in [0.1, 0.15) is 0 Å². The summed E-state index contributed by atoms with van der Waals surface area (Å²) in [6.07, 6.45) is 1.39. The first-order chi connectivity index (χ1) is 4.06. The number of thioether (sulfide) groups is 1. The maximum Gasteiger partial charge on any atom is 0.445 e. The number of hydrogen-bond acceptors (Lipinski definition) is 1. The Morgan fingerprint density at radius 1 is 1.44 bits per heavy atom. The Morgan fingerprint density at radius 3 is 2.33 bits per heavy atom. The first-order valence-corrected chi connectivity index (χ1v) is 4.02. The van der Waals surface area contributed by atoms with Crippen LogP contribution in [-0.4, -0.2) is 10.8 Å². The van der Waals surface area contributed by atoms with Crippen molar-refractivity contribution in [2.45, 2.75) is 5.51 Å². The summed E-state index contributed by atoms with van der Waals surface area (Å²) in [6.45, 7) is 0. The Kier molecular flexibility index (Phi) is 4.39. The van der Waals surface area contributed by atoms with Gasteiger partial charge in [-0.25, -0.2) is 0 Å². The lowest BCUT2D eigenvalue weighted by Crippen LogP contribution is -1.96. The number of rotatable bonds is 2. The quantitative estimate of drug-likeness (QED) is 0.645. The van der Waals surface area contributed by atoms with Crippen molar-refractivity contribution in [2.75, 3.05) is 5.33 Å². The van der Waals surface area contributed by atoms with Crippen molar-refractivity contribution in [1.82, 2.24) is 0 Å². The number of halogens is 4. The van der Waals surface area contributed by atoms with Crippen LogP contribution in [0.15, 0.2) is 11.5 Å². The number of alkyl halides is 4. The smallest absolute Gasteiger partial charge is 0.160 e. The van der Waals surface area contributed by atoms with E-state index in [1.54, 1.807) is 0 Å². The van der Waals surface area contributed by atoms with Crippen LogP contribution in [0.5, 0.6) is 0 Å². The van der Waals surface area contributed by atoms with E-state index in [1.807, 2.05) is 0 Å². The van der Waals surface area contributed by atoms with Gasteiger partial charge in [0.2, 0.25) is 0 Å². The molecule has 5 heteroatoms. The summed E-state index contributed by atoms with van der Waals surface area (Å²) in [7, 11) is 0. The zero-order valence-corrected chi connectivity index (χ0v) is 6.68. The van der Waals surface area contributed by atoms with Crippen LogP contribution < -0.4 is 0 Å². The molecule has 0 atom stereocenters. The second-order valence-electron chi connectivity index (χ2n) is 1.09. The van der Waals surface area contributed by atoms with Gasteiger partial charge >= 0.3 is 5.51 Å². The monoisotopic (exact) mass is 220 g/mol. The van der Waals surface area contributed by atoms with Gasteiger partial charge in [-0.1, -0.05) is 22.0 Å². The molecule has 0 spiro atoms. The maximum atomic E-state index is 11.3. The largest absolute Gasteiger partial charge is 0.445 e. The highest BCUT2D eigenvalue weighted by molar-refractivity contribution is 9.09. The van der Waals surface area contributed by atoms with Gasteiger partial charge in [0, 0.05) is 5.33 Å². The molecule has 0 heterocycles. The second-order valence-corrected chi connectivity index (χ2v) is 2.71. The molecule has 0 aliphatic heterocycles. The molecule has 0 fully saturated rings. The van der Waals surface area contributed by atoms with Gasteiger partial charge < -0.3 is 0 Å². The normalized spacial score (nSPS) is 12.9. The maximum absolute atomic E-state index is 11.3. The Morgan fingerprint density at radius 2 is 2.00 bits per heavy atom. The van der Waals surface area contributed by atoms with Crippen LogP contribution in [0.2, 0.25) is 0 Å². The molecule has 0 saturated carbocycles. The highest BCUT2D eigenvalue weighted by atomic mass is 79.9. The minimum absolute atomic E-state index is 0.152. The van der Waals surface area contributed by atoms with Crippen molar-refractivity contribution in [1.29, 1.82) is 0 Å². The summed E-state index contributed by atoms with van der Waals surface area (Å²) < 4.78 is 33.8. The number of hydrogen-bond donors (Lipinski definition) is 0. The lowest BCUT2D eigenvalue weighted by Gasteiger charge is -1.97. The van der Waals surface area contributed by atoms with E-state index in [1.165, 1.54) is 6.08 Å². The Bertz CT molecular complexity index is 98.5. The van der Waals surface area contributed by atoms with E-state index in [0.717, 1.165) is 5.41 Å². The molecule has 0 amide bonds. The lowest BCUT2D eigenvalue weighted by molar-refractivity contribution is -0.0319. The highest BCUT2D eigenvalue weighted by Crippen LogP contribution is 2.30. The standard InChI is InChI=1S/C4H4BrF3S/c5-2-1-3-9-4(6,7)8/h1,3H,2H2. The van der Waals surface area contributed by atoms with Crippen molar-refractivity contribution in [3.05, 3.63) is 11.5 Å². The third kappa shape index (κ3) is 8.36. The van der Waals surface area contributed by atoms with Crippen molar-refractivity contribution < 1.29 is 13.2 Å². The summed E-state index contributed by atoms with van der Waals surface area (Å²) in [5.41, 5.74) is -4.14. The molecule has 0 aliphatic rings. The average molecular weight is 221 g/mol. The minimum atomic E-state index is -4.14. The summed E-state index contributed by atoms with van der Waals surface area (Å²) in [5.74, 6) is 0. The first kappa shape index (κ1) is 9.36. The highest BCUT2D eigenvalue weighted by Gasteiger charge is 2.26. The molecule has 0 unspecified atom stereocenters. The zero-order chi connectivity index (χ0) is 7.33. The average Bonchev–Trinajstić information content (AvgIpc) is 1.63. The summed E-state index contributed by atoms with van der Waals surface area (Å²) in [6, 6.07) is 0. The Hall–Kier alpha value is 0.360. The molecule has 0 bridgehead atoms. The molecule has 0 aromatic heterocycles. The predicted molar refractivity (Wildman–Crippen MR) is 36.6 cm³/mol. The van der Waals surface area contributed by atoms with Gasteiger partial charge in [-0.05, 0) is 17.2 Å². The molecule has 54 valence electrons. The third-order valence-electron chi connectivity index (χ3n) is 0.387. The molecule has 9 heavy (non-hydrogen) atoms. The summed E-state index contributed by atoms with van der Waals surface area (Å²) in [5, 5.41) is 1.46. The molecule has 0 aromatic carbocycles. The molecule has 0 aliphatic carbocycles. The first-order valence-electron chi connectivity index (χ1n) is 2.02. The minimum Gasteiger partial charge on any atom is -0.160 e. The lowest BCUT2D eigenvalue weighted by atomic mass is 10.8. The Labute approximate surface area is 63.6 Å². The molecule has 0 radical (unpaired) electrons. The SMILES string of the molecule is FC(F)(F)SC=CCBr. The fraction of sp³-hybridized carbons (Fsp3) is 0.500. The molecule has 0 nitrogen and oxygen atoms in total. The van der Waals surface area contributed by atoms with E-state index in [-0.39, 0.29) is 11.8 Å². The van der Waals surface area contributed by atoms with E-state index >= 15 is 0 Å². The van der Waals surface area contributed by atoms with Crippen LogP contribution in [0, 0.1) is 0 Å². The van der Waals surface area contributed by atoms with Crippen molar-refractivity contribution >= 4 is 27.7 Å². The summed E-state index contributed by atoms with van der Waals surface area (Å²) in [4.78, 5) is 0. The fourth-order valence-electron chi connectivity index (χ4n) is 0.162. The van der Waals surface area contributed by atoms with Crippen LogP contribution in [0.4, 0.5) is 13.2 Å². The topological polar surface area (TPSA) is 0 Å². The third-order valence-corrected chi connectivity index (χ3v) is 1.36. The van der Waals surface area contributed by atoms with Crippen molar-refractivity contribution in [3.8, 4) is 0 Å². The van der Waals surface area contributed by atoms with Crippen molar-refractivity contribution in [2.24, 2.45) is 0 Å². The van der Waals surface area contributed by atoms with Crippen LogP contribution in [-0.2, 0) is 0 Å². The van der Waals surface area contributed by atoms with E-state index in [4.69, 9.17) is 0 Å². The van der Waals surface area contributed by atoms with Gasteiger partial charge in [0.05, 0.1) is 0 Å². The molecule has 0 saturated heterocycles. The van der Waals surface area contributed by atoms with Crippen LogP contribution in [0.3, 0.4) is 0 Å². The second kappa shape index (κ2) is 4.22. The van der Waals surface area contributed by atoms with Crippen LogP contribution in [0.25, 0.3) is 0 Å². The molecular weight excluding hydrogens is 217 g/mol. The van der Waals surface area contributed by atoms with Crippen molar-refractivity contribution in [3.63, 3.8) is 0 Å². The molecule has 0 N–H and O–H groups in total. The molecule has 0 rings (SSSR count). The van der Waals surface area contributed by atoms with Gasteiger partial charge in [-0.15, -0.1) is 0 Å². The summed E-state index contributed by atoms with van der Waals surface area (Å²) >= 11 is 2.80. The van der Waals surface area contributed by atoms with E-state index in [9.17, 15) is 13.2 Å². The van der Waals surface area contributed by atoms with Gasteiger partial charge in [-0.2, -0.15) is 13.2 Å². The fourth-order valence-corrected chi connectivity index (χ4v) is 0.943. The van der Waals surface area contributed by atoms with Gasteiger partial charge in [0.25, 0.3) is 0 Å². The van der Waals surface area contributed by atoms with E-state index < -0.39 is 5.51 Å². The molecular formula is C4H4BrF3S. The Balaban J connectivity index is 3.38. The van der Waals surface area contributed by atoms with Gasteiger partial charge in [-0.3, -0.25) is 0 Å². The zero-order valence-electron chi connectivity index (χ0n) is 4.28. The van der Waals surface area contributed by atoms with Crippen LogP contribution >= 0.6 is 27.7 Å². The van der Waals surface area contributed by atoms with Gasteiger partial charge in [0.15, 0.2) is 0 Å². The van der Waals surface area contributed by atoms with E-state index in [0.29, 0.717) is 5.33 Å². The van der Waals surface area contributed by atoms with E-state index in [2.05, 4.69) is 15.9 Å².